The first-order valence-electron chi connectivity index (χ1n) is 7.69. The highest BCUT2D eigenvalue weighted by molar-refractivity contribution is 6.06. The summed E-state index contributed by atoms with van der Waals surface area (Å²) in [6, 6.07) is 3.78. The molecule has 0 amide bonds. The summed E-state index contributed by atoms with van der Waals surface area (Å²) in [5.74, 6) is -2.34. The quantitative estimate of drug-likeness (QED) is 0.519. The number of carbonyl (C=O) groups excluding carboxylic acids is 2. The van der Waals surface area contributed by atoms with E-state index in [9.17, 15) is 14.0 Å². The first kappa shape index (κ1) is 19.9. The number of benzene rings is 1. The summed E-state index contributed by atoms with van der Waals surface area (Å²) < 4.78 is 24.6. The molecule has 1 aromatic carbocycles. The van der Waals surface area contributed by atoms with E-state index >= 15 is 0 Å². The van der Waals surface area contributed by atoms with Crippen LogP contribution < -0.4 is 5.73 Å². The third kappa shape index (κ3) is 4.69. The summed E-state index contributed by atoms with van der Waals surface area (Å²) in [5, 5.41) is 0. The van der Waals surface area contributed by atoms with Crippen molar-refractivity contribution in [2.45, 2.75) is 65.1 Å². The number of hydrogen-bond acceptors (Lipinski definition) is 5. The predicted octanol–water partition coefficient (Wildman–Crippen LogP) is 3.35. The van der Waals surface area contributed by atoms with Gasteiger partial charge in [0.15, 0.2) is 5.41 Å². The van der Waals surface area contributed by atoms with Gasteiger partial charge in [-0.2, -0.15) is 0 Å². The second-order valence-corrected chi connectivity index (χ2v) is 7.87. The van der Waals surface area contributed by atoms with Gasteiger partial charge in [-0.25, -0.2) is 4.39 Å². The Bertz CT molecular complexity index is 613. The van der Waals surface area contributed by atoms with Gasteiger partial charge >= 0.3 is 11.9 Å². The molecule has 24 heavy (non-hydrogen) atoms. The highest BCUT2D eigenvalue weighted by Crippen LogP contribution is 2.32. The van der Waals surface area contributed by atoms with Crippen molar-refractivity contribution in [3.8, 4) is 0 Å². The lowest BCUT2D eigenvalue weighted by atomic mass is 9.81. The van der Waals surface area contributed by atoms with Crippen LogP contribution in [0.4, 0.5) is 10.1 Å². The lowest BCUT2D eigenvalue weighted by molar-refractivity contribution is -0.176. The maximum atomic E-state index is 13.9. The molecule has 0 saturated heterocycles. The minimum absolute atomic E-state index is 0.0746. The van der Waals surface area contributed by atoms with Gasteiger partial charge < -0.3 is 15.2 Å². The number of halogens is 1. The molecule has 0 fully saturated rings. The van der Waals surface area contributed by atoms with Gasteiger partial charge in [0.2, 0.25) is 0 Å². The van der Waals surface area contributed by atoms with Gasteiger partial charge in [-0.15, -0.1) is 0 Å². The fourth-order valence-electron chi connectivity index (χ4n) is 1.92. The number of nitrogens with two attached hydrogens (primary N) is 1. The number of anilines is 1. The predicted molar refractivity (Wildman–Crippen MR) is 89.9 cm³/mol. The van der Waals surface area contributed by atoms with E-state index in [2.05, 4.69) is 0 Å². The van der Waals surface area contributed by atoms with Crippen molar-refractivity contribution in [3.63, 3.8) is 0 Å². The fourth-order valence-corrected chi connectivity index (χ4v) is 1.92. The monoisotopic (exact) mass is 339 g/mol. The number of ether oxygens (including phenoxy) is 2. The van der Waals surface area contributed by atoms with Gasteiger partial charge in [0, 0.05) is 0 Å². The molecule has 1 aromatic rings. The van der Waals surface area contributed by atoms with E-state index in [-0.39, 0.29) is 11.3 Å². The largest absolute Gasteiger partial charge is 0.459 e. The van der Waals surface area contributed by atoms with Crippen molar-refractivity contribution < 1.29 is 23.5 Å². The molecule has 134 valence electrons. The molecule has 0 unspecified atom stereocenters. The molecule has 0 heterocycles. The van der Waals surface area contributed by atoms with E-state index in [1.165, 1.54) is 19.1 Å². The van der Waals surface area contributed by atoms with Crippen LogP contribution in [0.25, 0.3) is 0 Å². The maximum absolute atomic E-state index is 13.9. The minimum Gasteiger partial charge on any atom is -0.459 e. The van der Waals surface area contributed by atoms with E-state index in [4.69, 9.17) is 15.2 Å². The molecular formula is C18H26FNO4. The second-order valence-electron chi connectivity index (χ2n) is 7.87. The second kappa shape index (κ2) is 6.42. The van der Waals surface area contributed by atoms with Gasteiger partial charge in [0.25, 0.3) is 0 Å². The lowest BCUT2D eigenvalue weighted by Gasteiger charge is -2.32. The molecule has 5 nitrogen and oxygen atoms in total. The Morgan fingerprint density at radius 1 is 0.917 bits per heavy atom. The van der Waals surface area contributed by atoms with Gasteiger partial charge in [-0.1, -0.05) is 6.07 Å². The number of hydrogen-bond donors (Lipinski definition) is 1. The Morgan fingerprint density at radius 3 is 1.67 bits per heavy atom. The molecule has 0 aliphatic carbocycles. The normalized spacial score (nSPS) is 12.7. The summed E-state index contributed by atoms with van der Waals surface area (Å²) in [4.78, 5) is 25.5. The van der Waals surface area contributed by atoms with Crippen LogP contribution in [0.15, 0.2) is 18.2 Å². The van der Waals surface area contributed by atoms with E-state index in [1.54, 1.807) is 41.5 Å². The average Bonchev–Trinajstić information content (AvgIpc) is 2.36. The number of esters is 2. The van der Waals surface area contributed by atoms with Crippen LogP contribution in [-0.4, -0.2) is 23.1 Å². The van der Waals surface area contributed by atoms with Gasteiger partial charge in [-0.05, 0) is 66.2 Å². The Labute approximate surface area is 142 Å². The van der Waals surface area contributed by atoms with Gasteiger partial charge in [0.05, 0.1) is 5.69 Å². The molecule has 1 rings (SSSR count). The van der Waals surface area contributed by atoms with E-state index in [1.807, 2.05) is 0 Å². The van der Waals surface area contributed by atoms with E-state index in [0.29, 0.717) is 0 Å². The number of nitrogen functional groups attached to an aromatic ring is 1. The molecule has 0 aliphatic rings. The molecule has 0 aromatic heterocycles. The number of rotatable bonds is 3. The maximum Gasteiger partial charge on any atom is 0.328 e. The lowest BCUT2D eigenvalue weighted by Crippen LogP contribution is -2.48. The molecule has 0 aliphatic heterocycles. The summed E-state index contributed by atoms with van der Waals surface area (Å²) in [7, 11) is 0. The third-order valence-corrected chi connectivity index (χ3v) is 3.19. The molecule has 0 bridgehead atoms. The standard InChI is InChI=1S/C18H26FNO4/c1-16(2,3)23-14(21)18(7,15(22)24-17(4,5)6)11-8-9-13(20)12(19)10-11/h8-10H,20H2,1-7H3. The minimum atomic E-state index is -1.81. The number of carbonyl (C=O) groups is 2. The van der Waals surface area contributed by atoms with Gasteiger partial charge in [0.1, 0.15) is 17.0 Å². The zero-order chi connectivity index (χ0) is 18.9. The smallest absolute Gasteiger partial charge is 0.328 e. The van der Waals surface area contributed by atoms with Crippen LogP contribution in [0.2, 0.25) is 0 Å². The van der Waals surface area contributed by atoms with Crippen LogP contribution >= 0.6 is 0 Å². The topological polar surface area (TPSA) is 78.6 Å². The molecule has 6 heteroatoms. The van der Waals surface area contributed by atoms with Crippen LogP contribution in [0.1, 0.15) is 54.0 Å². The molecule has 0 radical (unpaired) electrons. The molecular weight excluding hydrogens is 313 g/mol. The van der Waals surface area contributed by atoms with Crippen LogP contribution in [0.5, 0.6) is 0 Å². The third-order valence-electron chi connectivity index (χ3n) is 3.19. The molecule has 2 N–H and O–H groups in total. The van der Waals surface area contributed by atoms with E-state index in [0.717, 1.165) is 6.07 Å². The summed E-state index contributed by atoms with van der Waals surface area (Å²) in [5.41, 5.74) is 2.09. The first-order chi connectivity index (χ1) is 10.7. The summed E-state index contributed by atoms with van der Waals surface area (Å²) in [6.07, 6.45) is 0. The van der Waals surface area contributed by atoms with Crippen molar-refractivity contribution in [1.29, 1.82) is 0 Å². The Kier molecular flexibility index (Phi) is 5.33. The molecule has 0 spiro atoms. The summed E-state index contributed by atoms with van der Waals surface area (Å²) in [6.45, 7) is 11.5. The first-order valence-corrected chi connectivity index (χ1v) is 7.69. The van der Waals surface area contributed by atoms with Crippen molar-refractivity contribution in [1.82, 2.24) is 0 Å². The zero-order valence-electron chi connectivity index (χ0n) is 15.3. The Balaban J connectivity index is 3.42. The van der Waals surface area contributed by atoms with Crippen molar-refractivity contribution in [2.24, 2.45) is 0 Å². The van der Waals surface area contributed by atoms with Crippen molar-refractivity contribution >= 4 is 17.6 Å². The summed E-state index contributed by atoms with van der Waals surface area (Å²) >= 11 is 0. The highest BCUT2D eigenvalue weighted by Gasteiger charge is 2.48. The molecule has 0 atom stereocenters. The Morgan fingerprint density at radius 2 is 1.33 bits per heavy atom. The van der Waals surface area contributed by atoms with Crippen LogP contribution in [0, 0.1) is 5.82 Å². The fraction of sp³-hybridized carbons (Fsp3) is 0.556. The zero-order valence-corrected chi connectivity index (χ0v) is 15.3. The van der Waals surface area contributed by atoms with Crippen LogP contribution in [0.3, 0.4) is 0 Å². The van der Waals surface area contributed by atoms with Crippen molar-refractivity contribution in [2.75, 3.05) is 5.73 Å². The molecule has 0 saturated carbocycles. The SMILES string of the molecule is CC(C)(C)OC(=O)C(C)(C(=O)OC(C)(C)C)c1ccc(N)c(F)c1. The Hall–Kier alpha value is -2.11. The van der Waals surface area contributed by atoms with Gasteiger partial charge in [-0.3, -0.25) is 9.59 Å². The average molecular weight is 339 g/mol. The van der Waals surface area contributed by atoms with E-state index < -0.39 is 34.4 Å². The van der Waals surface area contributed by atoms with Crippen molar-refractivity contribution in [3.05, 3.63) is 29.6 Å². The highest BCUT2D eigenvalue weighted by atomic mass is 19.1. The van der Waals surface area contributed by atoms with Crippen LogP contribution in [-0.2, 0) is 24.5 Å².